The highest BCUT2D eigenvalue weighted by Crippen LogP contribution is 2.30. The van der Waals surface area contributed by atoms with Crippen LogP contribution in [0, 0.1) is 6.92 Å². The zero-order chi connectivity index (χ0) is 24.0. The summed E-state index contributed by atoms with van der Waals surface area (Å²) in [6.07, 6.45) is 0.0565. The van der Waals surface area contributed by atoms with Gasteiger partial charge in [-0.1, -0.05) is 31.2 Å². The van der Waals surface area contributed by atoms with Crippen LogP contribution in [0.5, 0.6) is 11.5 Å². The zero-order valence-electron chi connectivity index (χ0n) is 19.2. The molecule has 3 aromatic carbocycles. The Morgan fingerprint density at radius 1 is 1.03 bits per heavy atom. The summed E-state index contributed by atoms with van der Waals surface area (Å²) < 4.78 is 5.88. The maximum absolute atomic E-state index is 11.3. The Hall–Kier alpha value is -3.35. The molecular weight excluding hydrogens is 418 g/mol. The molecule has 3 rings (SSSR count). The van der Waals surface area contributed by atoms with Gasteiger partial charge in [-0.05, 0) is 84.5 Å². The number of ether oxygens (including phenoxy) is 1. The lowest BCUT2D eigenvalue weighted by atomic mass is 9.93. The molecule has 33 heavy (non-hydrogen) atoms. The summed E-state index contributed by atoms with van der Waals surface area (Å²) in [6.45, 7) is 6.94. The standard InChI is InChI=1S/C27H31NO5/c1-4-19-16-21(27(31)32)7-11-25(19)24-12-10-23(15-17(24)2)33-14-13-28-18(3)26(30)20-5-8-22(29)9-6-20/h5-12,15-16,18,26,28-30H,4,13-14H2,1-3H3,(H,31,32)/t18-,26+/m0/s1. The Morgan fingerprint density at radius 3 is 2.36 bits per heavy atom. The molecule has 0 aliphatic carbocycles. The minimum absolute atomic E-state index is 0.171. The number of hydrogen-bond acceptors (Lipinski definition) is 5. The van der Waals surface area contributed by atoms with Crippen LogP contribution in [0.1, 0.15) is 47.0 Å². The van der Waals surface area contributed by atoms with Crippen molar-refractivity contribution in [3.63, 3.8) is 0 Å². The number of aryl methyl sites for hydroxylation is 2. The molecule has 0 heterocycles. The summed E-state index contributed by atoms with van der Waals surface area (Å²) in [5, 5.41) is 32.3. The first-order valence-corrected chi connectivity index (χ1v) is 11.1. The molecule has 0 spiro atoms. The topological polar surface area (TPSA) is 99.0 Å². The van der Waals surface area contributed by atoms with E-state index in [9.17, 15) is 20.1 Å². The van der Waals surface area contributed by atoms with Gasteiger partial charge < -0.3 is 25.4 Å². The number of nitrogens with one attached hydrogen (secondary N) is 1. The van der Waals surface area contributed by atoms with E-state index in [4.69, 9.17) is 4.74 Å². The summed E-state index contributed by atoms with van der Waals surface area (Å²) in [5.41, 5.74) is 5.17. The van der Waals surface area contributed by atoms with E-state index < -0.39 is 12.1 Å². The van der Waals surface area contributed by atoms with Crippen molar-refractivity contribution in [3.8, 4) is 22.6 Å². The summed E-state index contributed by atoms with van der Waals surface area (Å²) in [7, 11) is 0. The van der Waals surface area contributed by atoms with Crippen LogP contribution >= 0.6 is 0 Å². The van der Waals surface area contributed by atoms with Gasteiger partial charge >= 0.3 is 5.97 Å². The SMILES string of the molecule is CCc1cc(C(=O)O)ccc1-c1ccc(OCCN[C@@H](C)[C@@H](O)c2ccc(O)cc2)cc1C. The molecule has 0 radical (unpaired) electrons. The smallest absolute Gasteiger partial charge is 0.335 e. The quantitative estimate of drug-likeness (QED) is 0.334. The number of carbonyl (C=O) groups is 1. The molecule has 3 aromatic rings. The van der Waals surface area contributed by atoms with Crippen molar-refractivity contribution in [2.24, 2.45) is 0 Å². The lowest BCUT2D eigenvalue weighted by Crippen LogP contribution is -2.35. The molecule has 0 aliphatic rings. The molecule has 0 saturated heterocycles. The monoisotopic (exact) mass is 449 g/mol. The fourth-order valence-electron chi connectivity index (χ4n) is 3.84. The number of aromatic hydroxyl groups is 1. The van der Waals surface area contributed by atoms with Crippen molar-refractivity contribution in [1.82, 2.24) is 5.32 Å². The zero-order valence-corrected chi connectivity index (χ0v) is 19.2. The second kappa shape index (κ2) is 11.0. The van der Waals surface area contributed by atoms with Gasteiger partial charge in [0.25, 0.3) is 0 Å². The minimum atomic E-state index is -0.921. The van der Waals surface area contributed by atoms with Crippen LogP contribution in [-0.2, 0) is 6.42 Å². The number of phenolic OH excluding ortho intramolecular Hbond substituents is 1. The highest BCUT2D eigenvalue weighted by Gasteiger charge is 2.16. The van der Waals surface area contributed by atoms with E-state index in [2.05, 4.69) is 5.32 Å². The Morgan fingerprint density at radius 2 is 1.73 bits per heavy atom. The largest absolute Gasteiger partial charge is 0.508 e. The highest BCUT2D eigenvalue weighted by atomic mass is 16.5. The predicted molar refractivity (Wildman–Crippen MR) is 129 cm³/mol. The average Bonchev–Trinajstić information content (AvgIpc) is 2.81. The molecule has 0 saturated carbocycles. The molecule has 0 bridgehead atoms. The van der Waals surface area contributed by atoms with E-state index in [0.717, 1.165) is 40.0 Å². The lowest BCUT2D eigenvalue weighted by Gasteiger charge is -2.21. The van der Waals surface area contributed by atoms with E-state index in [1.165, 1.54) is 0 Å². The summed E-state index contributed by atoms with van der Waals surface area (Å²) in [5.74, 6) is 0.00434. The first-order chi connectivity index (χ1) is 15.8. The Kier molecular flexibility index (Phi) is 8.09. The Bertz CT molecular complexity index is 1090. The molecule has 6 nitrogen and oxygen atoms in total. The third-order valence-corrected chi connectivity index (χ3v) is 5.77. The van der Waals surface area contributed by atoms with Gasteiger partial charge in [-0.25, -0.2) is 4.79 Å². The third-order valence-electron chi connectivity index (χ3n) is 5.77. The minimum Gasteiger partial charge on any atom is -0.508 e. The maximum atomic E-state index is 11.3. The molecule has 0 fully saturated rings. The van der Waals surface area contributed by atoms with Crippen molar-refractivity contribution < 1.29 is 24.9 Å². The lowest BCUT2D eigenvalue weighted by molar-refractivity contribution is 0.0696. The van der Waals surface area contributed by atoms with Crippen LogP contribution in [0.3, 0.4) is 0 Å². The third kappa shape index (κ3) is 6.12. The van der Waals surface area contributed by atoms with Gasteiger partial charge in [0.05, 0.1) is 11.7 Å². The van der Waals surface area contributed by atoms with E-state index in [0.29, 0.717) is 18.7 Å². The molecule has 174 valence electrons. The second-order valence-corrected chi connectivity index (χ2v) is 8.13. The van der Waals surface area contributed by atoms with Crippen molar-refractivity contribution in [2.45, 2.75) is 39.3 Å². The van der Waals surface area contributed by atoms with Gasteiger partial charge in [0.15, 0.2) is 0 Å². The van der Waals surface area contributed by atoms with Gasteiger partial charge in [-0.3, -0.25) is 0 Å². The van der Waals surface area contributed by atoms with Crippen molar-refractivity contribution in [2.75, 3.05) is 13.2 Å². The van der Waals surface area contributed by atoms with Gasteiger partial charge in [-0.2, -0.15) is 0 Å². The van der Waals surface area contributed by atoms with Crippen molar-refractivity contribution in [3.05, 3.63) is 82.9 Å². The van der Waals surface area contributed by atoms with Crippen LogP contribution in [0.4, 0.5) is 0 Å². The molecule has 6 heteroatoms. The summed E-state index contributed by atoms with van der Waals surface area (Å²) >= 11 is 0. The maximum Gasteiger partial charge on any atom is 0.335 e. The summed E-state index contributed by atoms with van der Waals surface area (Å²) in [4.78, 5) is 11.3. The number of aliphatic hydroxyl groups is 1. The number of carboxylic acid groups (broad SMARTS) is 1. The average molecular weight is 450 g/mol. The number of hydrogen-bond donors (Lipinski definition) is 4. The van der Waals surface area contributed by atoms with E-state index in [1.54, 1.807) is 36.4 Å². The van der Waals surface area contributed by atoms with Crippen LogP contribution in [0.2, 0.25) is 0 Å². The van der Waals surface area contributed by atoms with E-state index in [-0.39, 0.29) is 11.8 Å². The number of rotatable bonds is 10. The number of carboxylic acids is 1. The van der Waals surface area contributed by atoms with Crippen molar-refractivity contribution >= 4 is 5.97 Å². The Labute approximate surface area is 194 Å². The fraction of sp³-hybridized carbons (Fsp3) is 0.296. The Balaban J connectivity index is 1.57. The number of aliphatic hydroxyl groups excluding tert-OH is 1. The van der Waals surface area contributed by atoms with Crippen LogP contribution < -0.4 is 10.1 Å². The first-order valence-electron chi connectivity index (χ1n) is 11.1. The number of phenols is 1. The van der Waals surface area contributed by atoms with Crippen LogP contribution in [-0.4, -0.2) is 40.5 Å². The van der Waals surface area contributed by atoms with E-state index in [1.807, 2.05) is 45.0 Å². The summed E-state index contributed by atoms with van der Waals surface area (Å²) in [6, 6.07) is 17.5. The highest BCUT2D eigenvalue weighted by molar-refractivity contribution is 5.89. The van der Waals surface area contributed by atoms with Gasteiger partial charge in [-0.15, -0.1) is 0 Å². The van der Waals surface area contributed by atoms with Gasteiger partial charge in [0.2, 0.25) is 0 Å². The normalized spacial score (nSPS) is 12.8. The molecule has 0 unspecified atom stereocenters. The molecule has 0 amide bonds. The number of benzene rings is 3. The predicted octanol–water partition coefficient (Wildman–Crippen LogP) is 4.72. The molecule has 4 N–H and O–H groups in total. The molecule has 2 atom stereocenters. The van der Waals surface area contributed by atoms with Gasteiger partial charge in [0.1, 0.15) is 18.1 Å². The van der Waals surface area contributed by atoms with E-state index >= 15 is 0 Å². The van der Waals surface area contributed by atoms with Gasteiger partial charge in [0, 0.05) is 12.6 Å². The molecule has 0 aliphatic heterocycles. The fourth-order valence-corrected chi connectivity index (χ4v) is 3.84. The second-order valence-electron chi connectivity index (χ2n) is 8.13. The molecular formula is C27H31NO5. The van der Waals surface area contributed by atoms with Crippen molar-refractivity contribution in [1.29, 1.82) is 0 Å². The number of aromatic carboxylic acids is 1. The van der Waals surface area contributed by atoms with Crippen LogP contribution in [0.25, 0.3) is 11.1 Å². The van der Waals surface area contributed by atoms with Crippen LogP contribution in [0.15, 0.2) is 60.7 Å². The first kappa shape index (κ1) is 24.3. The molecule has 0 aromatic heterocycles.